The van der Waals surface area contributed by atoms with E-state index < -0.39 is 0 Å². The van der Waals surface area contributed by atoms with E-state index in [4.69, 9.17) is 0 Å². The molecule has 2 heteroatoms. The molecule has 1 rings (SSSR count). The zero-order valence-corrected chi connectivity index (χ0v) is 6.24. The van der Waals surface area contributed by atoms with Gasteiger partial charge in [0.2, 0.25) is 0 Å². The molecule has 1 saturated heterocycles. The summed E-state index contributed by atoms with van der Waals surface area (Å²) in [6, 6.07) is 0. The summed E-state index contributed by atoms with van der Waals surface area (Å²) in [6.07, 6.45) is 1.33. The van der Waals surface area contributed by atoms with Crippen molar-refractivity contribution < 1.29 is 19.5 Å². The number of rotatable bonds is 0. The van der Waals surface area contributed by atoms with E-state index >= 15 is 0 Å². The Morgan fingerprint density at radius 1 is 1.20 bits per heavy atom. The molecule has 1 nitrogen and oxygen atoms in total. The molecule has 0 spiro atoms. The smallest absolute Gasteiger partial charge is 0 e. The summed E-state index contributed by atoms with van der Waals surface area (Å²) in [5, 5.41) is 3.92. The van der Waals surface area contributed by atoms with E-state index in [1.54, 1.807) is 0 Å². The fourth-order valence-electron chi connectivity index (χ4n) is 0.158. The summed E-state index contributed by atoms with van der Waals surface area (Å²) in [7, 11) is 0. The molecule has 1 fully saturated rings. The molecule has 0 aliphatic carbocycles. The van der Waals surface area contributed by atoms with Crippen molar-refractivity contribution in [3.8, 4) is 0 Å². The van der Waals surface area contributed by atoms with E-state index in [0.717, 1.165) is 13.1 Å². The fraction of sp³-hybridized carbons (Fsp3) is 1.00. The van der Waals surface area contributed by atoms with Crippen molar-refractivity contribution >= 4 is 0 Å². The molecular weight excluding hydrogens is 115 g/mol. The maximum absolute atomic E-state index is 3.92. The van der Waals surface area contributed by atoms with Crippen molar-refractivity contribution in [2.24, 2.45) is 0 Å². The van der Waals surface area contributed by atoms with E-state index in [1.165, 1.54) is 6.42 Å². The second kappa shape index (κ2) is 2.80. The Hall–Kier alpha value is 0.583. The zero-order valence-electron chi connectivity index (χ0n) is 3.28. The van der Waals surface area contributed by atoms with Crippen molar-refractivity contribution in [1.82, 2.24) is 0 Å². The van der Waals surface area contributed by atoms with E-state index in [-0.39, 0.29) is 19.5 Å². The molecule has 1 aliphatic heterocycles. The van der Waals surface area contributed by atoms with Gasteiger partial charge in [0, 0.05) is 19.5 Å². The first-order chi connectivity index (χ1) is 2.00. The van der Waals surface area contributed by atoms with Crippen LogP contribution < -0.4 is 0 Å². The Morgan fingerprint density at radius 3 is 1.40 bits per heavy atom. The topological polar surface area (TPSA) is 14.1 Å². The molecule has 26 valence electrons. The van der Waals surface area contributed by atoms with Gasteiger partial charge in [0.05, 0.1) is 0 Å². The minimum Gasteiger partial charge on any atom is -0.662 e. The second-order valence-electron chi connectivity index (χ2n) is 1.02. The third-order valence-corrected chi connectivity index (χ3v) is 0.632. The van der Waals surface area contributed by atoms with Gasteiger partial charge in [-0.25, -0.2) is 0 Å². The van der Waals surface area contributed by atoms with E-state index in [9.17, 15) is 0 Å². The van der Waals surface area contributed by atoms with Gasteiger partial charge in [0.25, 0.3) is 0 Å². The predicted molar refractivity (Wildman–Crippen MR) is 17.7 cm³/mol. The molecule has 1 heterocycles. The van der Waals surface area contributed by atoms with Crippen LogP contribution in [0.1, 0.15) is 6.42 Å². The van der Waals surface area contributed by atoms with Crippen LogP contribution in [0.5, 0.6) is 0 Å². The summed E-state index contributed by atoms with van der Waals surface area (Å²) in [6.45, 7) is 2.25. The Balaban J connectivity index is 0.000000160. The Labute approximate surface area is 44.9 Å². The number of hydrogen-bond acceptors (Lipinski definition) is 0. The normalized spacial score (nSPS) is 19.2. The van der Waals surface area contributed by atoms with Crippen molar-refractivity contribution in [2.45, 2.75) is 6.42 Å². The molecule has 0 amide bonds. The quantitative estimate of drug-likeness (QED) is 0.420. The van der Waals surface area contributed by atoms with Gasteiger partial charge >= 0.3 is 0 Å². The average Bonchev–Trinajstić information content (AvgIpc) is 0.722. The van der Waals surface area contributed by atoms with Gasteiger partial charge in [-0.15, -0.1) is 0 Å². The third-order valence-electron chi connectivity index (χ3n) is 0.632. The van der Waals surface area contributed by atoms with Crippen LogP contribution in [0.15, 0.2) is 0 Å². The molecule has 0 radical (unpaired) electrons. The minimum absolute atomic E-state index is 0. The summed E-state index contributed by atoms with van der Waals surface area (Å²) < 4.78 is 0. The predicted octanol–water partition coefficient (Wildman–Crippen LogP) is 0.761. The molecule has 0 aromatic heterocycles. The molecule has 5 heavy (non-hydrogen) atoms. The first kappa shape index (κ1) is 5.58. The van der Waals surface area contributed by atoms with Crippen molar-refractivity contribution in [1.29, 1.82) is 0 Å². The Kier molecular flexibility index (Phi) is 3.13. The molecule has 0 aromatic carbocycles. The van der Waals surface area contributed by atoms with E-state index in [0.29, 0.717) is 0 Å². The molecule has 0 unspecified atom stereocenters. The van der Waals surface area contributed by atoms with Crippen LogP contribution in [0.2, 0.25) is 0 Å². The van der Waals surface area contributed by atoms with Crippen molar-refractivity contribution in [3.63, 3.8) is 0 Å². The first-order valence-electron chi connectivity index (χ1n) is 1.63. The Morgan fingerprint density at radius 2 is 1.40 bits per heavy atom. The van der Waals surface area contributed by atoms with Crippen LogP contribution in [-0.2, 0) is 19.5 Å². The molecular formula is C3H6NZn-. The standard InChI is InChI=1S/C3H6N.Zn/c1-2-4-3-1;/h1-3H2;/q-1;. The number of nitrogens with zero attached hydrogens (tertiary/aromatic N) is 1. The van der Waals surface area contributed by atoms with Gasteiger partial charge in [0.1, 0.15) is 0 Å². The van der Waals surface area contributed by atoms with Crippen molar-refractivity contribution in [2.75, 3.05) is 13.1 Å². The maximum Gasteiger partial charge on any atom is 0 e. The maximum atomic E-state index is 3.92. The van der Waals surface area contributed by atoms with Gasteiger partial charge in [-0.2, -0.15) is 13.1 Å². The summed E-state index contributed by atoms with van der Waals surface area (Å²) >= 11 is 0. The Bertz CT molecular complexity index is 14.9. The van der Waals surface area contributed by atoms with Gasteiger partial charge in [-0.1, -0.05) is 6.42 Å². The van der Waals surface area contributed by atoms with Crippen LogP contribution >= 0.6 is 0 Å². The van der Waals surface area contributed by atoms with Gasteiger partial charge < -0.3 is 5.32 Å². The fourth-order valence-corrected chi connectivity index (χ4v) is 0.158. The van der Waals surface area contributed by atoms with Crippen LogP contribution in [-0.4, -0.2) is 13.1 Å². The number of hydrogen-bond donors (Lipinski definition) is 0. The van der Waals surface area contributed by atoms with E-state index in [2.05, 4.69) is 5.32 Å². The minimum atomic E-state index is 0. The average molecular weight is 121 g/mol. The molecule has 0 N–H and O–H groups in total. The van der Waals surface area contributed by atoms with Gasteiger partial charge in [0.15, 0.2) is 0 Å². The van der Waals surface area contributed by atoms with E-state index in [1.807, 2.05) is 0 Å². The monoisotopic (exact) mass is 120 g/mol. The summed E-state index contributed by atoms with van der Waals surface area (Å²) in [4.78, 5) is 0. The molecule has 0 saturated carbocycles. The molecule has 0 atom stereocenters. The molecule has 0 bridgehead atoms. The first-order valence-corrected chi connectivity index (χ1v) is 1.63. The van der Waals surface area contributed by atoms with Crippen molar-refractivity contribution in [3.05, 3.63) is 5.32 Å². The molecule has 0 aromatic rings. The summed E-state index contributed by atoms with van der Waals surface area (Å²) in [5.74, 6) is 0. The van der Waals surface area contributed by atoms with Gasteiger partial charge in [-0.3, -0.25) is 0 Å². The second-order valence-corrected chi connectivity index (χ2v) is 1.02. The van der Waals surface area contributed by atoms with Crippen LogP contribution in [0, 0.1) is 0 Å². The SMILES string of the molecule is C1C[N-]C1.[Zn]. The van der Waals surface area contributed by atoms with Crippen LogP contribution in [0.3, 0.4) is 0 Å². The zero-order chi connectivity index (χ0) is 2.83. The van der Waals surface area contributed by atoms with Crippen LogP contribution in [0.25, 0.3) is 5.32 Å². The largest absolute Gasteiger partial charge is 0.662 e. The third kappa shape index (κ3) is 1.46. The summed E-state index contributed by atoms with van der Waals surface area (Å²) in [5.41, 5.74) is 0. The molecule has 1 aliphatic rings. The van der Waals surface area contributed by atoms with Gasteiger partial charge in [-0.05, 0) is 0 Å². The van der Waals surface area contributed by atoms with Crippen LogP contribution in [0.4, 0.5) is 0 Å².